The highest BCUT2D eigenvalue weighted by atomic mass is 19.1. The Labute approximate surface area is 204 Å². The van der Waals surface area contributed by atoms with Gasteiger partial charge in [-0.15, -0.1) is 0 Å². The molecule has 0 radical (unpaired) electrons. The maximum Gasteiger partial charge on any atom is 0.0894 e. The Morgan fingerprint density at radius 1 is 0.636 bits per heavy atom. The number of unbranched alkanes of at least 4 members (excludes halogenated alkanes) is 1. The second kappa shape index (κ2) is 13.3. The van der Waals surface area contributed by atoms with E-state index in [1.54, 1.807) is 31.2 Å². The molecule has 0 unspecified atom stereocenters. The molecule has 0 saturated heterocycles. The van der Waals surface area contributed by atoms with Gasteiger partial charge < -0.3 is 0 Å². The number of halogens is 1. The van der Waals surface area contributed by atoms with E-state index in [0.29, 0.717) is 6.42 Å². The molecule has 3 aliphatic rings. The SMILES string of the molecule is CC[C@H]1CC[C@H]([C@H]2CC[C@H](CCC3CCC(c4ccc(CCCCF)cc4)CC3)CC2)CC1. The standard InChI is InChI=1S/C32H51F/c1-2-25-8-16-29(17-9-25)31-20-12-27(13-21-31)6-7-28-14-22-32(23-15-28)30-18-10-26(11-19-30)5-3-4-24-33/h10-11,18-19,25,27-29,31-32H,2-9,12-17,20-24H2,1H3/t25-,27-,28?,29-,31-,32?. The van der Waals surface area contributed by atoms with Crippen molar-refractivity contribution in [3.05, 3.63) is 35.4 Å². The minimum atomic E-state index is -0.178. The van der Waals surface area contributed by atoms with E-state index >= 15 is 0 Å². The summed E-state index contributed by atoms with van der Waals surface area (Å²) >= 11 is 0. The van der Waals surface area contributed by atoms with Crippen LogP contribution in [0.4, 0.5) is 4.39 Å². The van der Waals surface area contributed by atoms with E-state index in [4.69, 9.17) is 0 Å². The summed E-state index contributed by atoms with van der Waals surface area (Å²) in [7, 11) is 0. The van der Waals surface area contributed by atoms with Crippen LogP contribution in [-0.2, 0) is 6.42 Å². The van der Waals surface area contributed by atoms with Crippen LogP contribution in [0.2, 0.25) is 0 Å². The van der Waals surface area contributed by atoms with Gasteiger partial charge in [-0.2, -0.15) is 0 Å². The van der Waals surface area contributed by atoms with Crippen LogP contribution in [-0.4, -0.2) is 6.67 Å². The number of benzene rings is 1. The Morgan fingerprint density at radius 3 is 1.67 bits per heavy atom. The van der Waals surface area contributed by atoms with Crippen molar-refractivity contribution >= 4 is 0 Å². The van der Waals surface area contributed by atoms with Gasteiger partial charge in [0.25, 0.3) is 0 Å². The van der Waals surface area contributed by atoms with Crippen molar-refractivity contribution in [2.45, 2.75) is 128 Å². The Kier molecular flexibility index (Phi) is 10.2. The lowest BCUT2D eigenvalue weighted by Crippen LogP contribution is -2.26. The summed E-state index contributed by atoms with van der Waals surface area (Å²) in [4.78, 5) is 0. The van der Waals surface area contributed by atoms with Crippen LogP contribution in [0.1, 0.15) is 133 Å². The van der Waals surface area contributed by atoms with Gasteiger partial charge in [-0.3, -0.25) is 4.39 Å². The fourth-order valence-corrected chi connectivity index (χ4v) is 7.65. The van der Waals surface area contributed by atoms with E-state index in [0.717, 1.165) is 48.3 Å². The largest absolute Gasteiger partial charge is 0.251 e. The zero-order valence-electron chi connectivity index (χ0n) is 21.6. The highest BCUT2D eigenvalue weighted by Crippen LogP contribution is 2.44. The second-order valence-electron chi connectivity index (χ2n) is 12.2. The van der Waals surface area contributed by atoms with E-state index in [1.807, 2.05) is 0 Å². The molecule has 3 fully saturated rings. The summed E-state index contributed by atoms with van der Waals surface area (Å²) in [6.07, 6.45) is 25.1. The molecule has 186 valence electrons. The Morgan fingerprint density at radius 2 is 1.15 bits per heavy atom. The van der Waals surface area contributed by atoms with Gasteiger partial charge in [-0.25, -0.2) is 0 Å². The van der Waals surface area contributed by atoms with Crippen LogP contribution in [0.5, 0.6) is 0 Å². The van der Waals surface area contributed by atoms with Crippen molar-refractivity contribution < 1.29 is 4.39 Å². The molecule has 0 heterocycles. The van der Waals surface area contributed by atoms with Crippen molar-refractivity contribution in [1.29, 1.82) is 0 Å². The first-order valence-corrected chi connectivity index (χ1v) is 14.9. The third kappa shape index (κ3) is 7.57. The molecule has 0 aromatic heterocycles. The fourth-order valence-electron chi connectivity index (χ4n) is 7.65. The van der Waals surface area contributed by atoms with Gasteiger partial charge in [0.15, 0.2) is 0 Å². The number of rotatable bonds is 10. The lowest BCUT2D eigenvalue weighted by molar-refractivity contribution is 0.138. The first kappa shape index (κ1) is 25.2. The Balaban J connectivity index is 1.10. The summed E-state index contributed by atoms with van der Waals surface area (Å²) in [5, 5.41) is 0. The molecule has 1 heteroatoms. The molecular weight excluding hydrogens is 403 g/mol. The number of hydrogen-bond donors (Lipinski definition) is 0. The highest BCUT2D eigenvalue weighted by Gasteiger charge is 2.31. The van der Waals surface area contributed by atoms with E-state index in [9.17, 15) is 4.39 Å². The monoisotopic (exact) mass is 454 g/mol. The zero-order valence-corrected chi connectivity index (χ0v) is 21.6. The number of aryl methyl sites for hydroxylation is 1. The molecule has 0 aliphatic heterocycles. The van der Waals surface area contributed by atoms with Crippen LogP contribution in [0.15, 0.2) is 24.3 Å². The normalized spacial score (nSPS) is 33.2. The minimum absolute atomic E-state index is 0.178. The van der Waals surface area contributed by atoms with Crippen LogP contribution in [0.3, 0.4) is 0 Å². The molecular formula is C32H51F. The molecule has 3 saturated carbocycles. The molecule has 33 heavy (non-hydrogen) atoms. The van der Waals surface area contributed by atoms with E-state index in [1.165, 1.54) is 76.2 Å². The Bertz CT molecular complexity index is 640. The van der Waals surface area contributed by atoms with Crippen molar-refractivity contribution in [1.82, 2.24) is 0 Å². The quantitative estimate of drug-likeness (QED) is 0.308. The third-order valence-electron chi connectivity index (χ3n) is 10.2. The first-order valence-electron chi connectivity index (χ1n) is 14.9. The molecule has 0 nitrogen and oxygen atoms in total. The maximum absolute atomic E-state index is 12.3. The van der Waals surface area contributed by atoms with Gasteiger partial charge in [0.05, 0.1) is 6.67 Å². The summed E-state index contributed by atoms with van der Waals surface area (Å²) < 4.78 is 12.3. The zero-order chi connectivity index (χ0) is 22.9. The van der Waals surface area contributed by atoms with Gasteiger partial charge >= 0.3 is 0 Å². The minimum Gasteiger partial charge on any atom is -0.251 e. The second-order valence-corrected chi connectivity index (χ2v) is 12.2. The molecule has 1 aromatic carbocycles. The summed E-state index contributed by atoms with van der Waals surface area (Å²) in [5.74, 6) is 6.00. The van der Waals surface area contributed by atoms with Crippen LogP contribution in [0.25, 0.3) is 0 Å². The smallest absolute Gasteiger partial charge is 0.0894 e. The van der Waals surface area contributed by atoms with Gasteiger partial charge in [0.1, 0.15) is 0 Å². The van der Waals surface area contributed by atoms with Crippen molar-refractivity contribution in [2.24, 2.45) is 29.6 Å². The molecule has 0 spiro atoms. The molecule has 0 bridgehead atoms. The Hall–Kier alpha value is -0.850. The van der Waals surface area contributed by atoms with Gasteiger partial charge in [0, 0.05) is 0 Å². The lowest BCUT2D eigenvalue weighted by atomic mass is 9.68. The predicted octanol–water partition coefficient (Wildman–Crippen LogP) is 10.1. The lowest BCUT2D eigenvalue weighted by Gasteiger charge is -2.38. The molecule has 1 aromatic rings. The molecule has 0 N–H and O–H groups in total. The summed E-state index contributed by atoms with van der Waals surface area (Å²) in [5.41, 5.74) is 2.93. The molecule has 4 rings (SSSR count). The first-order chi connectivity index (χ1) is 16.2. The predicted molar refractivity (Wildman–Crippen MR) is 140 cm³/mol. The van der Waals surface area contributed by atoms with Gasteiger partial charge in [-0.05, 0) is 117 Å². The van der Waals surface area contributed by atoms with Crippen molar-refractivity contribution in [3.8, 4) is 0 Å². The molecule has 0 amide bonds. The average molecular weight is 455 g/mol. The van der Waals surface area contributed by atoms with Crippen molar-refractivity contribution in [2.75, 3.05) is 6.67 Å². The fraction of sp³-hybridized carbons (Fsp3) is 0.812. The number of hydrogen-bond acceptors (Lipinski definition) is 0. The van der Waals surface area contributed by atoms with Gasteiger partial charge in [-0.1, -0.05) is 76.1 Å². The average Bonchev–Trinajstić information content (AvgIpc) is 2.89. The maximum atomic E-state index is 12.3. The topological polar surface area (TPSA) is 0 Å². The van der Waals surface area contributed by atoms with E-state index in [2.05, 4.69) is 31.2 Å². The van der Waals surface area contributed by atoms with Crippen LogP contribution in [0, 0.1) is 29.6 Å². The third-order valence-corrected chi connectivity index (χ3v) is 10.2. The van der Waals surface area contributed by atoms with Crippen LogP contribution < -0.4 is 0 Å². The summed E-state index contributed by atoms with van der Waals surface area (Å²) in [6.45, 7) is 2.21. The number of alkyl halides is 1. The van der Waals surface area contributed by atoms with Gasteiger partial charge in [0.2, 0.25) is 0 Å². The van der Waals surface area contributed by atoms with E-state index < -0.39 is 0 Å². The molecule has 0 atom stereocenters. The molecule has 3 aliphatic carbocycles. The van der Waals surface area contributed by atoms with Crippen molar-refractivity contribution in [3.63, 3.8) is 0 Å². The highest BCUT2D eigenvalue weighted by molar-refractivity contribution is 5.26. The van der Waals surface area contributed by atoms with E-state index in [-0.39, 0.29) is 6.67 Å². The van der Waals surface area contributed by atoms with Crippen LogP contribution >= 0.6 is 0 Å². The summed E-state index contributed by atoms with van der Waals surface area (Å²) in [6, 6.07) is 9.32.